The van der Waals surface area contributed by atoms with Crippen LogP contribution in [0.3, 0.4) is 0 Å². The molecule has 1 saturated heterocycles. The van der Waals surface area contributed by atoms with Crippen LogP contribution in [0, 0.1) is 17.3 Å². The fourth-order valence-electron chi connectivity index (χ4n) is 6.15. The molecule has 5 atom stereocenters. The molecule has 2 aliphatic heterocycles. The summed E-state index contributed by atoms with van der Waals surface area (Å²) in [6, 6.07) is 8.85. The number of rotatable bonds is 7. The zero-order valence-electron chi connectivity index (χ0n) is 25.7. The van der Waals surface area contributed by atoms with Crippen molar-refractivity contribution in [3.63, 3.8) is 0 Å². The van der Waals surface area contributed by atoms with Crippen LogP contribution in [-0.4, -0.2) is 78.7 Å². The highest BCUT2D eigenvalue weighted by atomic mass is 16.6. The monoisotopic (exact) mass is 594 g/mol. The van der Waals surface area contributed by atoms with Crippen LogP contribution in [0.2, 0.25) is 0 Å². The van der Waals surface area contributed by atoms with E-state index in [2.05, 4.69) is 22.8 Å². The van der Waals surface area contributed by atoms with Crippen molar-refractivity contribution in [3.05, 3.63) is 48.0 Å². The maximum atomic E-state index is 13.9. The van der Waals surface area contributed by atoms with Crippen molar-refractivity contribution in [1.29, 1.82) is 0 Å². The second-order valence-corrected chi connectivity index (χ2v) is 12.5. The number of nitrogens with zero attached hydrogens (tertiary/aromatic N) is 2. The molecular weight excluding hydrogens is 548 g/mol. The standard InChI is InChI=1S/C33H46N4O6/c1-23-12-8-5-4-6-11-15-25-19-33(25,31(41)34-17-16-29(39)35-21-24-13-9-7-10-14-24)20-28(38)27-18-26(22-37(27)30(23)40)43-32(42)36(2)3/h7,9-11,13-15,23,25-27H,4-6,8,12,16-22H2,1-3H3,(H,34,41)(H,35,39)/b15-11-/t23-,25-,26+,27-,33+/m0/s1. The van der Waals surface area contributed by atoms with E-state index in [1.807, 2.05) is 37.3 Å². The first-order valence-corrected chi connectivity index (χ1v) is 15.6. The molecule has 10 heteroatoms. The lowest BCUT2D eigenvalue weighted by Crippen LogP contribution is -2.45. The van der Waals surface area contributed by atoms with Gasteiger partial charge in [0, 0.05) is 52.4 Å². The molecule has 1 aromatic rings. The molecule has 2 N–H and O–H groups in total. The molecule has 0 bridgehead atoms. The van der Waals surface area contributed by atoms with E-state index < -0.39 is 23.7 Å². The summed E-state index contributed by atoms with van der Waals surface area (Å²) in [5, 5.41) is 5.78. The molecule has 234 valence electrons. The summed E-state index contributed by atoms with van der Waals surface area (Å²) in [5.74, 6) is -1.04. The quantitative estimate of drug-likeness (QED) is 0.465. The number of amides is 4. The molecule has 43 heavy (non-hydrogen) atoms. The van der Waals surface area contributed by atoms with Gasteiger partial charge >= 0.3 is 6.09 Å². The summed E-state index contributed by atoms with van der Waals surface area (Å²) in [4.78, 5) is 68.5. The third-order valence-corrected chi connectivity index (χ3v) is 8.89. The molecule has 0 radical (unpaired) electrons. The second kappa shape index (κ2) is 14.7. The number of fused-ring (bicyclic) bond motifs is 2. The Morgan fingerprint density at radius 2 is 1.84 bits per heavy atom. The van der Waals surface area contributed by atoms with Gasteiger partial charge in [0.25, 0.3) is 0 Å². The Labute approximate surface area is 254 Å². The number of hydrogen-bond donors (Lipinski definition) is 2. The van der Waals surface area contributed by atoms with Crippen LogP contribution in [0.25, 0.3) is 0 Å². The number of benzene rings is 1. The van der Waals surface area contributed by atoms with E-state index in [0.717, 1.165) is 37.7 Å². The number of Topliss-reactive ketones (excluding diaryl/α,β-unsaturated/α-hetero) is 1. The van der Waals surface area contributed by atoms with E-state index in [9.17, 15) is 24.0 Å². The Hall–Kier alpha value is -3.69. The van der Waals surface area contributed by atoms with Gasteiger partial charge in [0.2, 0.25) is 17.7 Å². The van der Waals surface area contributed by atoms with E-state index in [1.165, 1.54) is 4.90 Å². The summed E-state index contributed by atoms with van der Waals surface area (Å²) in [6.45, 7) is 2.64. The lowest BCUT2D eigenvalue weighted by Gasteiger charge is -2.27. The molecule has 1 saturated carbocycles. The smallest absolute Gasteiger partial charge is 0.409 e. The van der Waals surface area contributed by atoms with Crippen molar-refractivity contribution in [1.82, 2.24) is 20.4 Å². The van der Waals surface area contributed by atoms with Crippen molar-refractivity contribution >= 4 is 29.6 Å². The van der Waals surface area contributed by atoms with Gasteiger partial charge in [-0.1, -0.05) is 62.2 Å². The van der Waals surface area contributed by atoms with Crippen molar-refractivity contribution in [2.45, 2.75) is 83.4 Å². The fraction of sp³-hybridized carbons (Fsp3) is 0.606. The normalized spacial score (nSPS) is 28.4. The Balaban J connectivity index is 1.43. The number of carbonyl (C=O) groups is 5. The molecule has 0 aromatic heterocycles. The minimum absolute atomic E-state index is 0.00871. The first kappa shape index (κ1) is 32.2. The van der Waals surface area contributed by atoms with E-state index >= 15 is 0 Å². The van der Waals surface area contributed by atoms with Crippen LogP contribution in [0.15, 0.2) is 42.5 Å². The predicted octanol–water partition coefficient (Wildman–Crippen LogP) is 3.60. The van der Waals surface area contributed by atoms with Crippen LogP contribution in [-0.2, 0) is 30.5 Å². The van der Waals surface area contributed by atoms with Gasteiger partial charge in [0.1, 0.15) is 6.10 Å². The minimum atomic E-state index is -0.910. The number of ketones is 1. The van der Waals surface area contributed by atoms with Crippen LogP contribution in [0.1, 0.15) is 70.3 Å². The van der Waals surface area contributed by atoms with E-state index in [0.29, 0.717) is 13.0 Å². The molecule has 1 aliphatic carbocycles. The second-order valence-electron chi connectivity index (χ2n) is 12.5. The minimum Gasteiger partial charge on any atom is -0.444 e. The third-order valence-electron chi connectivity index (χ3n) is 8.89. The number of hydrogen-bond acceptors (Lipinski definition) is 6. The third kappa shape index (κ3) is 8.45. The lowest BCUT2D eigenvalue weighted by atomic mass is 9.90. The maximum absolute atomic E-state index is 13.9. The van der Waals surface area contributed by atoms with Crippen molar-refractivity contribution in [2.24, 2.45) is 17.3 Å². The summed E-state index contributed by atoms with van der Waals surface area (Å²) < 4.78 is 5.59. The summed E-state index contributed by atoms with van der Waals surface area (Å²) in [5.41, 5.74) is 0.0837. The highest BCUT2D eigenvalue weighted by Crippen LogP contribution is 2.57. The van der Waals surface area contributed by atoms with Crippen LogP contribution in [0.5, 0.6) is 0 Å². The fourth-order valence-corrected chi connectivity index (χ4v) is 6.15. The van der Waals surface area contributed by atoms with Crippen molar-refractivity contribution in [3.8, 4) is 0 Å². The molecule has 10 nitrogen and oxygen atoms in total. The summed E-state index contributed by atoms with van der Waals surface area (Å²) in [7, 11) is 3.18. The molecule has 0 unspecified atom stereocenters. The van der Waals surface area contributed by atoms with Gasteiger partial charge in [0.15, 0.2) is 5.78 Å². The van der Waals surface area contributed by atoms with E-state index in [4.69, 9.17) is 4.74 Å². The molecule has 2 heterocycles. The first-order valence-electron chi connectivity index (χ1n) is 15.6. The van der Waals surface area contributed by atoms with Crippen molar-refractivity contribution < 1.29 is 28.7 Å². The van der Waals surface area contributed by atoms with E-state index in [1.54, 1.807) is 19.0 Å². The highest BCUT2D eigenvalue weighted by molar-refractivity contribution is 5.97. The van der Waals surface area contributed by atoms with E-state index in [-0.39, 0.29) is 67.7 Å². The number of ether oxygens (including phenoxy) is 1. The molecule has 3 aliphatic rings. The molecule has 4 rings (SSSR count). The Morgan fingerprint density at radius 3 is 2.58 bits per heavy atom. The van der Waals surface area contributed by atoms with Gasteiger partial charge in [-0.3, -0.25) is 19.2 Å². The molecule has 1 aromatic carbocycles. The summed E-state index contributed by atoms with van der Waals surface area (Å²) >= 11 is 0. The number of nitrogens with one attached hydrogen (secondary N) is 2. The molecule has 2 fully saturated rings. The Kier molecular flexibility index (Phi) is 11.0. The molecule has 4 amide bonds. The highest BCUT2D eigenvalue weighted by Gasteiger charge is 2.60. The Bertz CT molecular complexity index is 1200. The first-order chi connectivity index (χ1) is 20.6. The molecule has 0 spiro atoms. The predicted molar refractivity (Wildman–Crippen MR) is 162 cm³/mol. The van der Waals surface area contributed by atoms with Crippen molar-refractivity contribution in [2.75, 3.05) is 27.2 Å². The van der Waals surface area contributed by atoms with Gasteiger partial charge in [-0.25, -0.2) is 4.79 Å². The SMILES string of the molecule is C[C@H]1CCCCC/C=C\[C@H]2C[C@@]2(C(=O)NCCC(=O)NCc2ccccc2)CC(=O)[C@@H]2C[C@@H](OC(=O)N(C)C)CN2C1=O. The Morgan fingerprint density at radius 1 is 1.07 bits per heavy atom. The van der Waals surface area contributed by atoms with Crippen LogP contribution < -0.4 is 10.6 Å². The van der Waals surface area contributed by atoms with Crippen LogP contribution >= 0.6 is 0 Å². The zero-order valence-corrected chi connectivity index (χ0v) is 25.7. The average Bonchev–Trinajstić information content (AvgIpc) is 3.52. The largest absolute Gasteiger partial charge is 0.444 e. The number of carbonyl (C=O) groups excluding carboxylic acids is 5. The van der Waals surface area contributed by atoms with Gasteiger partial charge in [-0.15, -0.1) is 0 Å². The van der Waals surface area contributed by atoms with Crippen LogP contribution in [0.4, 0.5) is 4.79 Å². The lowest BCUT2D eigenvalue weighted by molar-refractivity contribution is -0.142. The maximum Gasteiger partial charge on any atom is 0.409 e. The number of allylic oxidation sites excluding steroid dienone is 2. The topological polar surface area (TPSA) is 125 Å². The summed E-state index contributed by atoms with van der Waals surface area (Å²) in [6.07, 6.45) is 8.46. The zero-order chi connectivity index (χ0) is 31.0. The molecular formula is C33H46N4O6. The van der Waals surface area contributed by atoms with Gasteiger partial charge in [-0.05, 0) is 37.2 Å². The van der Waals surface area contributed by atoms with Gasteiger partial charge in [0.05, 0.1) is 18.0 Å². The van der Waals surface area contributed by atoms with Gasteiger partial charge in [-0.2, -0.15) is 0 Å². The average molecular weight is 595 g/mol. The van der Waals surface area contributed by atoms with Gasteiger partial charge < -0.3 is 25.2 Å².